The molecule has 1 unspecified atom stereocenters. The standard InChI is InChI=1S/C11H14ClNO/c1-14-10-5-4-8(12)6-9(10)11(13)7-2-3-7/h4-7,11H,2-3,13H2,1H3. The molecule has 14 heavy (non-hydrogen) atoms. The molecule has 2 nitrogen and oxygen atoms in total. The smallest absolute Gasteiger partial charge is 0.123 e. The van der Waals surface area contributed by atoms with Crippen LogP contribution in [-0.4, -0.2) is 7.11 Å². The highest BCUT2D eigenvalue weighted by Gasteiger charge is 2.31. The van der Waals surface area contributed by atoms with Gasteiger partial charge in [0.15, 0.2) is 0 Å². The largest absolute Gasteiger partial charge is 0.496 e. The van der Waals surface area contributed by atoms with Gasteiger partial charge in [-0.25, -0.2) is 0 Å². The van der Waals surface area contributed by atoms with Crippen LogP contribution in [0, 0.1) is 5.92 Å². The van der Waals surface area contributed by atoms with Gasteiger partial charge in [-0.15, -0.1) is 0 Å². The Morgan fingerprint density at radius 2 is 2.21 bits per heavy atom. The first-order valence-electron chi connectivity index (χ1n) is 4.81. The molecule has 2 rings (SSSR count). The Morgan fingerprint density at radius 3 is 2.79 bits per heavy atom. The summed E-state index contributed by atoms with van der Waals surface area (Å²) in [4.78, 5) is 0. The van der Waals surface area contributed by atoms with Gasteiger partial charge in [0.1, 0.15) is 5.75 Å². The van der Waals surface area contributed by atoms with Crippen molar-refractivity contribution in [1.29, 1.82) is 0 Å². The van der Waals surface area contributed by atoms with Crippen LogP contribution in [0.3, 0.4) is 0 Å². The summed E-state index contributed by atoms with van der Waals surface area (Å²) in [7, 11) is 1.66. The molecule has 3 heteroatoms. The Bertz CT molecular complexity index is 336. The van der Waals surface area contributed by atoms with Crippen molar-refractivity contribution in [3.8, 4) is 5.75 Å². The third-order valence-corrected chi connectivity index (χ3v) is 2.92. The molecule has 76 valence electrons. The summed E-state index contributed by atoms with van der Waals surface area (Å²) in [6, 6.07) is 5.68. The molecule has 0 bridgehead atoms. The summed E-state index contributed by atoms with van der Waals surface area (Å²) in [5.74, 6) is 1.45. The molecule has 0 aliphatic heterocycles. The molecule has 1 aromatic rings. The second kappa shape index (κ2) is 3.79. The highest BCUT2D eigenvalue weighted by Crippen LogP contribution is 2.42. The van der Waals surface area contributed by atoms with Gasteiger partial charge in [0.25, 0.3) is 0 Å². The predicted octanol–water partition coefficient (Wildman–Crippen LogP) is 2.76. The van der Waals surface area contributed by atoms with E-state index in [0.717, 1.165) is 16.3 Å². The monoisotopic (exact) mass is 211 g/mol. The minimum Gasteiger partial charge on any atom is -0.496 e. The van der Waals surface area contributed by atoms with Crippen LogP contribution in [0.15, 0.2) is 18.2 Å². The highest BCUT2D eigenvalue weighted by molar-refractivity contribution is 6.30. The van der Waals surface area contributed by atoms with Crippen LogP contribution in [0.25, 0.3) is 0 Å². The molecule has 1 aliphatic rings. The predicted molar refractivity (Wildman–Crippen MR) is 57.7 cm³/mol. The van der Waals surface area contributed by atoms with E-state index in [-0.39, 0.29) is 6.04 Å². The van der Waals surface area contributed by atoms with Gasteiger partial charge in [-0.05, 0) is 37.0 Å². The number of hydrogen-bond acceptors (Lipinski definition) is 2. The minimum absolute atomic E-state index is 0.0728. The van der Waals surface area contributed by atoms with Gasteiger partial charge in [-0.1, -0.05) is 11.6 Å². The van der Waals surface area contributed by atoms with Crippen LogP contribution in [0.1, 0.15) is 24.4 Å². The summed E-state index contributed by atoms with van der Waals surface area (Å²) in [5, 5.41) is 0.719. The third kappa shape index (κ3) is 1.86. The molecular formula is C11H14ClNO. The molecular weight excluding hydrogens is 198 g/mol. The molecule has 0 radical (unpaired) electrons. The van der Waals surface area contributed by atoms with Crippen molar-refractivity contribution in [2.24, 2.45) is 11.7 Å². The first-order chi connectivity index (χ1) is 6.72. The average Bonchev–Trinajstić information content (AvgIpc) is 3.00. The lowest BCUT2D eigenvalue weighted by molar-refractivity contribution is 0.403. The maximum Gasteiger partial charge on any atom is 0.123 e. The van der Waals surface area contributed by atoms with E-state index in [1.807, 2.05) is 18.2 Å². The molecule has 0 saturated heterocycles. The number of halogens is 1. The second-order valence-electron chi connectivity index (χ2n) is 3.75. The molecule has 0 aromatic heterocycles. The quantitative estimate of drug-likeness (QED) is 0.835. The second-order valence-corrected chi connectivity index (χ2v) is 4.19. The van der Waals surface area contributed by atoms with E-state index in [2.05, 4.69) is 0 Å². The van der Waals surface area contributed by atoms with Gasteiger partial charge in [0, 0.05) is 16.6 Å². The van der Waals surface area contributed by atoms with E-state index < -0.39 is 0 Å². The van der Waals surface area contributed by atoms with E-state index in [4.69, 9.17) is 22.1 Å². The lowest BCUT2D eigenvalue weighted by Crippen LogP contribution is -2.13. The molecule has 1 aromatic carbocycles. The lowest BCUT2D eigenvalue weighted by atomic mass is 10.0. The molecule has 0 spiro atoms. The van der Waals surface area contributed by atoms with Crippen LogP contribution < -0.4 is 10.5 Å². The molecule has 1 saturated carbocycles. The van der Waals surface area contributed by atoms with E-state index in [1.165, 1.54) is 12.8 Å². The van der Waals surface area contributed by atoms with Crippen molar-refractivity contribution >= 4 is 11.6 Å². The average molecular weight is 212 g/mol. The van der Waals surface area contributed by atoms with Crippen LogP contribution in [0.5, 0.6) is 5.75 Å². The Kier molecular flexibility index (Phi) is 2.66. The topological polar surface area (TPSA) is 35.2 Å². The zero-order chi connectivity index (χ0) is 10.1. The van der Waals surface area contributed by atoms with Crippen molar-refractivity contribution in [3.63, 3.8) is 0 Å². The van der Waals surface area contributed by atoms with Crippen LogP contribution in [0.4, 0.5) is 0 Å². The Morgan fingerprint density at radius 1 is 1.50 bits per heavy atom. The summed E-state index contributed by atoms with van der Waals surface area (Å²) < 4.78 is 5.26. The summed E-state index contributed by atoms with van der Waals surface area (Å²) in [6.45, 7) is 0. The Balaban J connectivity index is 2.32. The van der Waals surface area contributed by atoms with Gasteiger partial charge in [-0.2, -0.15) is 0 Å². The van der Waals surface area contributed by atoms with Gasteiger partial charge >= 0.3 is 0 Å². The molecule has 1 aliphatic carbocycles. The van der Waals surface area contributed by atoms with Gasteiger partial charge in [-0.3, -0.25) is 0 Å². The molecule has 1 fully saturated rings. The van der Waals surface area contributed by atoms with Gasteiger partial charge < -0.3 is 10.5 Å². The third-order valence-electron chi connectivity index (χ3n) is 2.68. The molecule has 2 N–H and O–H groups in total. The SMILES string of the molecule is COc1ccc(Cl)cc1C(N)C1CC1. The number of ether oxygens (including phenoxy) is 1. The Labute approximate surface area is 89.0 Å². The zero-order valence-corrected chi connectivity index (χ0v) is 8.92. The fraction of sp³-hybridized carbons (Fsp3) is 0.455. The van der Waals surface area contributed by atoms with Crippen molar-refractivity contribution < 1.29 is 4.74 Å². The van der Waals surface area contributed by atoms with Gasteiger partial charge in [0.05, 0.1) is 7.11 Å². The van der Waals surface area contributed by atoms with Crippen molar-refractivity contribution in [2.75, 3.05) is 7.11 Å². The van der Waals surface area contributed by atoms with E-state index in [9.17, 15) is 0 Å². The zero-order valence-electron chi connectivity index (χ0n) is 8.16. The fourth-order valence-corrected chi connectivity index (χ4v) is 1.86. The number of benzene rings is 1. The number of nitrogens with two attached hydrogens (primary N) is 1. The van der Waals surface area contributed by atoms with Crippen molar-refractivity contribution in [1.82, 2.24) is 0 Å². The summed E-state index contributed by atoms with van der Waals surface area (Å²) >= 11 is 5.93. The van der Waals surface area contributed by atoms with Crippen molar-refractivity contribution in [2.45, 2.75) is 18.9 Å². The minimum atomic E-state index is 0.0728. The van der Waals surface area contributed by atoms with Crippen LogP contribution in [-0.2, 0) is 0 Å². The van der Waals surface area contributed by atoms with E-state index in [0.29, 0.717) is 5.92 Å². The summed E-state index contributed by atoms with van der Waals surface area (Å²) in [6.07, 6.45) is 2.44. The summed E-state index contributed by atoms with van der Waals surface area (Å²) in [5.41, 5.74) is 7.14. The molecule has 1 atom stereocenters. The van der Waals surface area contributed by atoms with Crippen molar-refractivity contribution in [3.05, 3.63) is 28.8 Å². The first-order valence-corrected chi connectivity index (χ1v) is 5.19. The number of methoxy groups -OCH3 is 1. The number of hydrogen-bond donors (Lipinski definition) is 1. The van der Waals surface area contributed by atoms with Crippen LogP contribution in [0.2, 0.25) is 5.02 Å². The maximum atomic E-state index is 6.11. The molecule has 0 heterocycles. The lowest BCUT2D eigenvalue weighted by Gasteiger charge is -2.15. The Hall–Kier alpha value is -0.730. The first kappa shape index (κ1) is 9.81. The highest BCUT2D eigenvalue weighted by atomic mass is 35.5. The van der Waals surface area contributed by atoms with E-state index >= 15 is 0 Å². The normalized spacial score (nSPS) is 17.9. The fourth-order valence-electron chi connectivity index (χ4n) is 1.67. The molecule has 0 amide bonds. The maximum absolute atomic E-state index is 6.11. The van der Waals surface area contributed by atoms with Gasteiger partial charge in [0.2, 0.25) is 0 Å². The van der Waals surface area contributed by atoms with E-state index in [1.54, 1.807) is 7.11 Å². The van der Waals surface area contributed by atoms with Crippen LogP contribution >= 0.6 is 11.6 Å². The number of rotatable bonds is 3.